The molecule has 0 radical (unpaired) electrons. The van der Waals surface area contributed by atoms with Crippen LogP contribution in [0.4, 0.5) is 0 Å². The number of hydrogen-bond donors (Lipinski definition) is 2. The minimum absolute atomic E-state index is 0.300. The Bertz CT molecular complexity index is 256. The van der Waals surface area contributed by atoms with Gasteiger partial charge in [0.15, 0.2) is 0 Å². The van der Waals surface area contributed by atoms with Crippen LogP contribution in [0.25, 0.3) is 0 Å². The number of amides is 1. The van der Waals surface area contributed by atoms with Crippen molar-refractivity contribution >= 4 is 5.91 Å². The smallest absolute Gasteiger partial charge is 0.295 e. The Balaban J connectivity index is 2.34. The highest BCUT2D eigenvalue weighted by molar-refractivity contribution is 5.93. The topological polar surface area (TPSA) is 49.3 Å². The lowest BCUT2D eigenvalue weighted by atomic mass is 9.85. The first-order valence-electron chi connectivity index (χ1n) is 5.09. The van der Waals surface area contributed by atoms with Gasteiger partial charge >= 0.3 is 0 Å². The Morgan fingerprint density at radius 2 is 2.07 bits per heavy atom. The number of hydrogen-bond acceptors (Lipinski definition) is 2. The second-order valence-corrected chi connectivity index (χ2v) is 3.84. The van der Waals surface area contributed by atoms with Crippen LogP contribution in [0.5, 0.6) is 0 Å². The Kier molecular flexibility index (Phi) is 3.97. The molecule has 3 heteroatoms. The van der Waals surface area contributed by atoms with Crippen molar-refractivity contribution in [2.75, 3.05) is 6.54 Å². The highest BCUT2D eigenvalue weighted by Gasteiger charge is 2.29. The lowest BCUT2D eigenvalue weighted by Crippen LogP contribution is -2.43. The molecule has 78 valence electrons. The molecule has 2 N–H and O–H groups in total. The van der Waals surface area contributed by atoms with E-state index >= 15 is 0 Å². The summed E-state index contributed by atoms with van der Waals surface area (Å²) in [4.78, 5) is 11.0. The van der Waals surface area contributed by atoms with E-state index in [0.29, 0.717) is 6.54 Å². The summed E-state index contributed by atoms with van der Waals surface area (Å²) in [5.74, 6) is 4.62. The van der Waals surface area contributed by atoms with Gasteiger partial charge in [-0.3, -0.25) is 4.79 Å². The molecule has 1 fully saturated rings. The van der Waals surface area contributed by atoms with Gasteiger partial charge in [-0.2, -0.15) is 0 Å². The number of carbonyl (C=O) groups excluding carboxylic acids is 1. The maximum Gasteiger partial charge on any atom is 0.295 e. The van der Waals surface area contributed by atoms with Crippen molar-refractivity contribution in [3.8, 4) is 11.8 Å². The fourth-order valence-electron chi connectivity index (χ4n) is 1.79. The SMILES string of the molecule is CC#CC(=O)NCC1(O)CCCCC1. The molecule has 0 aromatic rings. The van der Waals surface area contributed by atoms with Gasteiger partial charge in [0, 0.05) is 6.54 Å². The van der Waals surface area contributed by atoms with Crippen molar-refractivity contribution in [2.45, 2.75) is 44.6 Å². The van der Waals surface area contributed by atoms with E-state index < -0.39 is 5.60 Å². The monoisotopic (exact) mass is 195 g/mol. The lowest BCUT2D eigenvalue weighted by molar-refractivity contribution is -0.117. The third-order valence-electron chi connectivity index (χ3n) is 2.60. The van der Waals surface area contributed by atoms with E-state index in [4.69, 9.17) is 0 Å². The summed E-state index contributed by atoms with van der Waals surface area (Å²) in [5.41, 5.74) is -0.691. The Hall–Kier alpha value is -1.01. The average Bonchev–Trinajstić information content (AvgIpc) is 2.17. The molecule has 1 rings (SSSR count). The van der Waals surface area contributed by atoms with Crippen LogP contribution in [0.15, 0.2) is 0 Å². The van der Waals surface area contributed by atoms with Crippen LogP contribution in [0.3, 0.4) is 0 Å². The molecule has 1 aliphatic carbocycles. The van der Waals surface area contributed by atoms with Crippen molar-refractivity contribution in [3.05, 3.63) is 0 Å². The summed E-state index contributed by atoms with van der Waals surface area (Å²) in [6.45, 7) is 1.95. The predicted molar refractivity (Wildman–Crippen MR) is 54.5 cm³/mol. The van der Waals surface area contributed by atoms with E-state index in [1.54, 1.807) is 6.92 Å². The van der Waals surface area contributed by atoms with E-state index in [9.17, 15) is 9.90 Å². The van der Waals surface area contributed by atoms with Gasteiger partial charge in [0.1, 0.15) is 0 Å². The Morgan fingerprint density at radius 1 is 1.43 bits per heavy atom. The molecule has 1 amide bonds. The van der Waals surface area contributed by atoms with Crippen molar-refractivity contribution in [1.82, 2.24) is 5.32 Å². The van der Waals surface area contributed by atoms with Crippen LogP contribution < -0.4 is 5.32 Å². The maximum absolute atomic E-state index is 11.0. The molecule has 14 heavy (non-hydrogen) atoms. The molecular weight excluding hydrogens is 178 g/mol. The number of nitrogens with one attached hydrogen (secondary N) is 1. The summed E-state index contributed by atoms with van der Waals surface area (Å²) in [7, 11) is 0. The van der Waals surface area contributed by atoms with Gasteiger partial charge in [0.2, 0.25) is 0 Å². The van der Waals surface area contributed by atoms with Gasteiger partial charge in [-0.05, 0) is 25.7 Å². The summed E-state index contributed by atoms with van der Waals surface area (Å²) < 4.78 is 0. The summed E-state index contributed by atoms with van der Waals surface area (Å²) in [6, 6.07) is 0. The molecule has 0 atom stereocenters. The molecule has 3 nitrogen and oxygen atoms in total. The average molecular weight is 195 g/mol. The molecule has 0 aliphatic heterocycles. The molecule has 0 unspecified atom stereocenters. The highest BCUT2D eigenvalue weighted by Crippen LogP contribution is 2.27. The highest BCUT2D eigenvalue weighted by atomic mass is 16.3. The van der Waals surface area contributed by atoms with Gasteiger partial charge in [-0.1, -0.05) is 25.2 Å². The third kappa shape index (κ3) is 3.39. The summed E-state index contributed by atoms with van der Waals surface area (Å²) in [6.07, 6.45) is 4.85. The van der Waals surface area contributed by atoms with Crippen LogP contribution in [0.1, 0.15) is 39.0 Å². The van der Waals surface area contributed by atoms with E-state index in [-0.39, 0.29) is 5.91 Å². The van der Waals surface area contributed by atoms with Crippen LogP contribution in [0.2, 0.25) is 0 Å². The first-order chi connectivity index (χ1) is 6.66. The van der Waals surface area contributed by atoms with Crippen molar-refractivity contribution < 1.29 is 9.90 Å². The van der Waals surface area contributed by atoms with Crippen molar-refractivity contribution in [3.63, 3.8) is 0 Å². The van der Waals surface area contributed by atoms with Gasteiger partial charge in [-0.25, -0.2) is 0 Å². The number of carbonyl (C=O) groups is 1. The summed E-state index contributed by atoms with van der Waals surface area (Å²) in [5, 5.41) is 12.7. The zero-order valence-electron chi connectivity index (χ0n) is 8.60. The predicted octanol–water partition coefficient (Wildman–Crippen LogP) is 0.821. The van der Waals surface area contributed by atoms with E-state index in [2.05, 4.69) is 17.2 Å². The maximum atomic E-state index is 11.0. The summed E-state index contributed by atoms with van der Waals surface area (Å²) >= 11 is 0. The fourth-order valence-corrected chi connectivity index (χ4v) is 1.79. The second-order valence-electron chi connectivity index (χ2n) is 3.84. The minimum Gasteiger partial charge on any atom is -0.388 e. The molecule has 1 aliphatic rings. The van der Waals surface area contributed by atoms with Crippen molar-refractivity contribution in [1.29, 1.82) is 0 Å². The molecule has 0 bridgehead atoms. The molecule has 1 saturated carbocycles. The number of rotatable bonds is 2. The van der Waals surface area contributed by atoms with Gasteiger partial charge in [0.25, 0.3) is 5.91 Å². The van der Waals surface area contributed by atoms with Gasteiger partial charge in [0.05, 0.1) is 5.60 Å². The molecule has 0 heterocycles. The van der Waals surface area contributed by atoms with E-state index in [0.717, 1.165) is 25.7 Å². The largest absolute Gasteiger partial charge is 0.388 e. The zero-order chi connectivity index (χ0) is 10.4. The first kappa shape index (κ1) is 11.1. The molecule has 0 saturated heterocycles. The fraction of sp³-hybridized carbons (Fsp3) is 0.727. The zero-order valence-corrected chi connectivity index (χ0v) is 8.60. The molecule has 0 aromatic carbocycles. The van der Waals surface area contributed by atoms with Crippen molar-refractivity contribution in [2.24, 2.45) is 0 Å². The first-order valence-corrected chi connectivity index (χ1v) is 5.09. The Morgan fingerprint density at radius 3 is 2.64 bits per heavy atom. The van der Waals surface area contributed by atoms with Crippen LogP contribution in [-0.2, 0) is 4.79 Å². The van der Waals surface area contributed by atoms with E-state index in [1.807, 2.05) is 0 Å². The van der Waals surface area contributed by atoms with E-state index in [1.165, 1.54) is 6.42 Å². The van der Waals surface area contributed by atoms with Crippen LogP contribution in [-0.4, -0.2) is 23.2 Å². The molecule has 0 spiro atoms. The van der Waals surface area contributed by atoms with Crippen LogP contribution >= 0.6 is 0 Å². The lowest BCUT2D eigenvalue weighted by Gasteiger charge is -2.31. The molecular formula is C11H17NO2. The standard InChI is InChI=1S/C11H17NO2/c1-2-6-10(13)12-9-11(14)7-4-3-5-8-11/h14H,3-5,7-9H2,1H3,(H,12,13). The molecule has 0 aromatic heterocycles. The minimum atomic E-state index is -0.691. The quantitative estimate of drug-likeness (QED) is 0.641. The van der Waals surface area contributed by atoms with Crippen LogP contribution in [0, 0.1) is 11.8 Å². The van der Waals surface area contributed by atoms with Gasteiger partial charge in [-0.15, -0.1) is 0 Å². The third-order valence-corrected chi connectivity index (χ3v) is 2.60. The second kappa shape index (κ2) is 5.02. The van der Waals surface area contributed by atoms with Gasteiger partial charge < -0.3 is 10.4 Å². The Labute approximate surface area is 84.9 Å². The number of aliphatic hydroxyl groups is 1. The normalized spacial score (nSPS) is 19.3.